The van der Waals surface area contributed by atoms with E-state index in [1.165, 1.54) is 4.90 Å². The van der Waals surface area contributed by atoms with Crippen LogP contribution in [0.15, 0.2) is 48.5 Å². The Hall–Kier alpha value is -1.55. The number of halogens is 2. The van der Waals surface area contributed by atoms with Gasteiger partial charge in [-0.15, -0.1) is 0 Å². The van der Waals surface area contributed by atoms with Crippen LogP contribution in [0.5, 0.6) is 0 Å². The molecule has 19 heavy (non-hydrogen) atoms. The summed E-state index contributed by atoms with van der Waals surface area (Å²) in [5.74, 6) is -0.499. The number of hydrogen-bond donors (Lipinski definition) is 1. The van der Waals surface area contributed by atoms with Gasteiger partial charge in [-0.3, -0.25) is 9.69 Å². The molecule has 98 valence electrons. The van der Waals surface area contributed by atoms with Crippen molar-refractivity contribution in [2.45, 2.75) is 0 Å². The molecule has 0 aromatic heterocycles. The van der Waals surface area contributed by atoms with Crippen molar-refractivity contribution in [2.24, 2.45) is 0 Å². The van der Waals surface area contributed by atoms with Gasteiger partial charge in [0.25, 0.3) is 5.91 Å². The number of carbonyl (C=O) groups excluding carboxylic acids is 1. The van der Waals surface area contributed by atoms with Crippen molar-refractivity contribution < 1.29 is 9.90 Å². The van der Waals surface area contributed by atoms with E-state index < -0.39 is 12.5 Å². The first kappa shape index (κ1) is 13.9. The molecule has 3 nitrogen and oxygen atoms in total. The third kappa shape index (κ3) is 2.89. The number of hydrogen-bond acceptors (Lipinski definition) is 2. The fraction of sp³-hybridized carbons (Fsp3) is 0.0714. The number of nitrogens with zero attached hydrogens (tertiary/aromatic N) is 1. The van der Waals surface area contributed by atoms with Gasteiger partial charge in [0.2, 0.25) is 0 Å². The molecular weight excluding hydrogens is 285 g/mol. The number of amides is 1. The molecule has 0 unspecified atom stereocenters. The van der Waals surface area contributed by atoms with Crippen molar-refractivity contribution in [3.63, 3.8) is 0 Å². The zero-order valence-electron chi connectivity index (χ0n) is 9.88. The monoisotopic (exact) mass is 295 g/mol. The Morgan fingerprint density at radius 1 is 1.00 bits per heavy atom. The van der Waals surface area contributed by atoms with E-state index in [2.05, 4.69) is 0 Å². The molecule has 0 fully saturated rings. The van der Waals surface area contributed by atoms with Crippen LogP contribution in [-0.2, 0) is 4.79 Å². The van der Waals surface area contributed by atoms with E-state index >= 15 is 0 Å². The molecule has 5 heteroatoms. The fourth-order valence-electron chi connectivity index (χ4n) is 1.75. The molecule has 0 aliphatic carbocycles. The van der Waals surface area contributed by atoms with Crippen LogP contribution < -0.4 is 4.90 Å². The van der Waals surface area contributed by atoms with E-state index in [0.717, 1.165) is 0 Å². The lowest BCUT2D eigenvalue weighted by Crippen LogP contribution is -2.29. The van der Waals surface area contributed by atoms with E-state index in [0.29, 0.717) is 21.4 Å². The predicted octanol–water partition coefficient (Wildman–Crippen LogP) is 3.65. The quantitative estimate of drug-likeness (QED) is 0.939. The zero-order valence-corrected chi connectivity index (χ0v) is 11.4. The highest BCUT2D eigenvalue weighted by molar-refractivity contribution is 6.40. The Kier molecular flexibility index (Phi) is 4.43. The third-order valence-electron chi connectivity index (χ3n) is 2.56. The molecule has 2 rings (SSSR count). The van der Waals surface area contributed by atoms with Gasteiger partial charge in [0, 0.05) is 5.69 Å². The molecule has 0 saturated heterocycles. The second-order valence-corrected chi connectivity index (χ2v) is 4.61. The van der Waals surface area contributed by atoms with E-state index in [1.54, 1.807) is 42.5 Å². The number of aliphatic hydroxyl groups is 1. The van der Waals surface area contributed by atoms with Crippen LogP contribution >= 0.6 is 23.2 Å². The molecule has 0 radical (unpaired) electrons. The van der Waals surface area contributed by atoms with Crippen molar-refractivity contribution in [1.82, 2.24) is 0 Å². The molecular formula is C14H11Cl2NO2. The lowest BCUT2D eigenvalue weighted by molar-refractivity contribution is -0.120. The molecule has 0 aliphatic heterocycles. The Morgan fingerprint density at radius 2 is 1.58 bits per heavy atom. The molecule has 1 N–H and O–H groups in total. The number of carbonyl (C=O) groups is 1. The zero-order chi connectivity index (χ0) is 13.8. The van der Waals surface area contributed by atoms with Crippen LogP contribution in [0.1, 0.15) is 0 Å². The van der Waals surface area contributed by atoms with E-state index in [1.807, 2.05) is 6.07 Å². The number of aliphatic hydroxyl groups excluding tert-OH is 1. The first-order chi connectivity index (χ1) is 9.15. The number of anilines is 2. The van der Waals surface area contributed by atoms with Crippen molar-refractivity contribution >= 4 is 40.5 Å². The van der Waals surface area contributed by atoms with Crippen molar-refractivity contribution in [2.75, 3.05) is 11.5 Å². The molecule has 1 amide bonds. The predicted molar refractivity (Wildman–Crippen MR) is 77.1 cm³/mol. The molecule has 0 heterocycles. The molecule has 2 aromatic rings. The summed E-state index contributed by atoms with van der Waals surface area (Å²) in [4.78, 5) is 13.3. The van der Waals surface area contributed by atoms with Gasteiger partial charge in [-0.2, -0.15) is 0 Å². The summed E-state index contributed by atoms with van der Waals surface area (Å²) >= 11 is 12.2. The maximum absolute atomic E-state index is 12.0. The van der Waals surface area contributed by atoms with Crippen molar-refractivity contribution in [3.05, 3.63) is 58.6 Å². The second kappa shape index (κ2) is 6.06. The van der Waals surface area contributed by atoms with E-state index in [9.17, 15) is 4.79 Å². The minimum Gasteiger partial charge on any atom is -0.387 e. The van der Waals surface area contributed by atoms with Crippen LogP contribution in [0.2, 0.25) is 10.0 Å². The standard InChI is InChI=1S/C14H11Cl2NO2/c15-11-7-4-8-12(16)14(11)17(13(19)9-18)10-5-2-1-3-6-10/h1-8,18H,9H2. The molecule has 2 aromatic carbocycles. The Morgan fingerprint density at radius 3 is 2.11 bits per heavy atom. The van der Waals surface area contributed by atoms with Gasteiger partial charge in [0.15, 0.2) is 0 Å². The Labute approximate surface area is 121 Å². The highest BCUT2D eigenvalue weighted by Gasteiger charge is 2.21. The van der Waals surface area contributed by atoms with Crippen LogP contribution in [-0.4, -0.2) is 17.6 Å². The fourth-order valence-corrected chi connectivity index (χ4v) is 2.31. The number of para-hydroxylation sites is 2. The van der Waals surface area contributed by atoms with Gasteiger partial charge in [0.1, 0.15) is 6.61 Å². The normalized spacial score (nSPS) is 10.3. The second-order valence-electron chi connectivity index (χ2n) is 3.79. The Balaban J connectivity index is 2.59. The minimum absolute atomic E-state index is 0.346. The van der Waals surface area contributed by atoms with Crippen LogP contribution in [0.4, 0.5) is 11.4 Å². The highest BCUT2D eigenvalue weighted by Crippen LogP contribution is 2.37. The largest absolute Gasteiger partial charge is 0.387 e. The lowest BCUT2D eigenvalue weighted by atomic mass is 10.2. The Bertz CT molecular complexity index is 567. The first-order valence-corrected chi connectivity index (χ1v) is 6.33. The maximum Gasteiger partial charge on any atom is 0.257 e. The molecule has 0 spiro atoms. The molecule has 0 atom stereocenters. The summed E-state index contributed by atoms with van der Waals surface area (Å²) in [6.07, 6.45) is 0. The van der Waals surface area contributed by atoms with Gasteiger partial charge in [0.05, 0.1) is 15.7 Å². The summed E-state index contributed by atoms with van der Waals surface area (Å²) < 4.78 is 0. The molecule has 0 aliphatic rings. The van der Waals surface area contributed by atoms with E-state index in [-0.39, 0.29) is 0 Å². The SMILES string of the molecule is O=C(CO)N(c1ccccc1)c1c(Cl)cccc1Cl. The first-order valence-electron chi connectivity index (χ1n) is 5.58. The smallest absolute Gasteiger partial charge is 0.257 e. The summed E-state index contributed by atoms with van der Waals surface area (Å²) in [5.41, 5.74) is 0.965. The van der Waals surface area contributed by atoms with Gasteiger partial charge < -0.3 is 5.11 Å². The summed E-state index contributed by atoms with van der Waals surface area (Å²) in [5, 5.41) is 9.82. The van der Waals surface area contributed by atoms with Gasteiger partial charge >= 0.3 is 0 Å². The average Bonchev–Trinajstić information content (AvgIpc) is 2.43. The van der Waals surface area contributed by atoms with Gasteiger partial charge in [-0.05, 0) is 24.3 Å². The molecule has 0 saturated carbocycles. The number of benzene rings is 2. The topological polar surface area (TPSA) is 40.5 Å². The maximum atomic E-state index is 12.0. The van der Waals surface area contributed by atoms with E-state index in [4.69, 9.17) is 28.3 Å². The average molecular weight is 296 g/mol. The van der Waals surface area contributed by atoms with Crippen LogP contribution in [0, 0.1) is 0 Å². The lowest BCUT2D eigenvalue weighted by Gasteiger charge is -2.24. The molecule has 0 bridgehead atoms. The van der Waals surface area contributed by atoms with Gasteiger partial charge in [-0.25, -0.2) is 0 Å². The third-order valence-corrected chi connectivity index (χ3v) is 3.17. The summed E-state index contributed by atoms with van der Waals surface area (Å²) in [6, 6.07) is 13.9. The van der Waals surface area contributed by atoms with Crippen molar-refractivity contribution in [3.8, 4) is 0 Å². The minimum atomic E-state index is -0.629. The highest BCUT2D eigenvalue weighted by atomic mass is 35.5. The van der Waals surface area contributed by atoms with Crippen LogP contribution in [0.3, 0.4) is 0 Å². The summed E-state index contributed by atoms with van der Waals surface area (Å²) in [7, 11) is 0. The van der Waals surface area contributed by atoms with Crippen molar-refractivity contribution in [1.29, 1.82) is 0 Å². The van der Waals surface area contributed by atoms with Gasteiger partial charge in [-0.1, -0.05) is 47.5 Å². The summed E-state index contributed by atoms with van der Waals surface area (Å²) in [6.45, 7) is -0.629. The number of rotatable bonds is 3. The van der Waals surface area contributed by atoms with Crippen LogP contribution in [0.25, 0.3) is 0 Å².